The van der Waals surface area contributed by atoms with Crippen LogP contribution in [0.3, 0.4) is 0 Å². The molecule has 0 aliphatic rings. The summed E-state index contributed by atoms with van der Waals surface area (Å²) >= 11 is 1.46. The molecule has 1 aromatic heterocycles. The van der Waals surface area contributed by atoms with Crippen LogP contribution < -0.4 is 10.6 Å². The van der Waals surface area contributed by atoms with E-state index < -0.39 is 0 Å². The number of amides is 1. The number of benzene rings is 1. The number of hydrogen-bond acceptors (Lipinski definition) is 4. The standard InChI is InChI=1S/C16H21N3OS/c1-4-12-8-6-7-9-13(12)15(20)19-16-18-14(10-21-16)11(3)17-5-2/h6-11,17H,4-5H2,1-3H3,(H,18,19,20). The Bertz CT molecular complexity index is 609. The Balaban J connectivity index is 2.09. The van der Waals surface area contributed by atoms with Crippen molar-refractivity contribution in [1.82, 2.24) is 10.3 Å². The van der Waals surface area contributed by atoms with Crippen LogP contribution in [0.5, 0.6) is 0 Å². The third-order valence-corrected chi connectivity index (χ3v) is 4.12. The molecule has 0 bridgehead atoms. The van der Waals surface area contributed by atoms with Crippen LogP contribution in [-0.2, 0) is 6.42 Å². The third-order valence-electron chi connectivity index (χ3n) is 3.34. The maximum absolute atomic E-state index is 12.3. The third kappa shape index (κ3) is 3.89. The number of aryl methyl sites for hydroxylation is 1. The van der Waals surface area contributed by atoms with Crippen LogP contribution in [0.2, 0.25) is 0 Å². The highest BCUT2D eigenvalue weighted by Crippen LogP contribution is 2.21. The molecule has 0 fully saturated rings. The number of carbonyl (C=O) groups is 1. The van der Waals surface area contributed by atoms with Crippen LogP contribution in [0, 0.1) is 0 Å². The minimum atomic E-state index is -0.0931. The molecule has 5 heteroatoms. The van der Waals surface area contributed by atoms with Gasteiger partial charge in [0.05, 0.1) is 5.69 Å². The van der Waals surface area contributed by atoms with Crippen LogP contribution in [0.1, 0.15) is 48.4 Å². The van der Waals surface area contributed by atoms with Gasteiger partial charge in [-0.05, 0) is 31.5 Å². The Labute approximate surface area is 129 Å². The van der Waals surface area contributed by atoms with Gasteiger partial charge in [-0.1, -0.05) is 32.0 Å². The summed E-state index contributed by atoms with van der Waals surface area (Å²) in [6, 6.07) is 7.86. The number of rotatable bonds is 6. The van der Waals surface area contributed by atoms with E-state index >= 15 is 0 Å². The Hall–Kier alpha value is -1.72. The number of nitrogens with zero attached hydrogens (tertiary/aromatic N) is 1. The van der Waals surface area contributed by atoms with Gasteiger partial charge in [-0.2, -0.15) is 0 Å². The van der Waals surface area contributed by atoms with Crippen molar-refractivity contribution in [3.05, 3.63) is 46.5 Å². The van der Waals surface area contributed by atoms with Crippen molar-refractivity contribution in [3.8, 4) is 0 Å². The fourth-order valence-electron chi connectivity index (χ4n) is 2.17. The quantitative estimate of drug-likeness (QED) is 0.857. The summed E-state index contributed by atoms with van der Waals surface area (Å²) < 4.78 is 0. The lowest BCUT2D eigenvalue weighted by Gasteiger charge is -2.08. The van der Waals surface area contributed by atoms with Gasteiger partial charge in [-0.25, -0.2) is 4.98 Å². The van der Waals surface area contributed by atoms with Crippen LogP contribution in [0.25, 0.3) is 0 Å². The molecular formula is C16H21N3OS. The highest BCUT2D eigenvalue weighted by molar-refractivity contribution is 7.14. The van der Waals surface area contributed by atoms with Crippen molar-refractivity contribution < 1.29 is 4.79 Å². The second kappa shape index (κ2) is 7.33. The predicted octanol–water partition coefficient (Wildman–Crippen LogP) is 3.63. The molecule has 21 heavy (non-hydrogen) atoms. The van der Waals surface area contributed by atoms with Crippen molar-refractivity contribution >= 4 is 22.4 Å². The lowest BCUT2D eigenvalue weighted by molar-refractivity contribution is 0.102. The smallest absolute Gasteiger partial charge is 0.257 e. The summed E-state index contributed by atoms with van der Waals surface area (Å²) in [6.45, 7) is 7.07. The molecule has 1 amide bonds. The van der Waals surface area contributed by atoms with Gasteiger partial charge in [0.1, 0.15) is 0 Å². The van der Waals surface area contributed by atoms with E-state index in [0.717, 1.165) is 29.8 Å². The van der Waals surface area contributed by atoms with Gasteiger partial charge in [0.15, 0.2) is 5.13 Å². The van der Waals surface area contributed by atoms with Crippen LogP contribution >= 0.6 is 11.3 Å². The van der Waals surface area contributed by atoms with E-state index in [4.69, 9.17) is 0 Å². The number of anilines is 1. The minimum absolute atomic E-state index is 0.0931. The molecule has 1 unspecified atom stereocenters. The van der Waals surface area contributed by atoms with Crippen LogP contribution in [0.15, 0.2) is 29.6 Å². The summed E-state index contributed by atoms with van der Waals surface area (Å²) in [5.41, 5.74) is 2.73. The average Bonchev–Trinajstić information content (AvgIpc) is 2.96. The molecule has 1 aromatic carbocycles. The van der Waals surface area contributed by atoms with E-state index in [9.17, 15) is 4.79 Å². The normalized spacial score (nSPS) is 12.1. The topological polar surface area (TPSA) is 54.0 Å². The van der Waals surface area contributed by atoms with Crippen LogP contribution in [-0.4, -0.2) is 17.4 Å². The molecule has 2 aromatic rings. The van der Waals surface area contributed by atoms with Crippen molar-refractivity contribution in [2.24, 2.45) is 0 Å². The molecule has 1 atom stereocenters. The van der Waals surface area contributed by atoms with E-state index in [1.54, 1.807) is 0 Å². The molecule has 4 nitrogen and oxygen atoms in total. The fourth-order valence-corrected chi connectivity index (χ4v) is 2.97. The van der Waals surface area contributed by atoms with Crippen molar-refractivity contribution in [2.75, 3.05) is 11.9 Å². The van der Waals surface area contributed by atoms with E-state index in [1.807, 2.05) is 36.6 Å². The van der Waals surface area contributed by atoms with Gasteiger partial charge in [0.2, 0.25) is 0 Å². The maximum atomic E-state index is 12.3. The number of thiazole rings is 1. The molecule has 0 aliphatic heterocycles. The Morgan fingerprint density at radius 1 is 1.33 bits per heavy atom. The van der Waals surface area contributed by atoms with Gasteiger partial charge in [-0.15, -0.1) is 11.3 Å². The minimum Gasteiger partial charge on any atom is -0.309 e. The Morgan fingerprint density at radius 3 is 2.81 bits per heavy atom. The number of nitrogens with one attached hydrogen (secondary N) is 2. The first-order valence-corrected chi connectivity index (χ1v) is 8.11. The van der Waals surface area contributed by atoms with E-state index in [2.05, 4.69) is 29.5 Å². The number of carbonyl (C=O) groups excluding carboxylic acids is 1. The molecule has 0 spiro atoms. The van der Waals surface area contributed by atoms with Gasteiger partial charge >= 0.3 is 0 Å². The predicted molar refractivity (Wildman–Crippen MR) is 88.0 cm³/mol. The van der Waals surface area contributed by atoms with E-state index in [0.29, 0.717) is 5.13 Å². The highest BCUT2D eigenvalue weighted by Gasteiger charge is 2.13. The Morgan fingerprint density at radius 2 is 2.10 bits per heavy atom. The fraction of sp³-hybridized carbons (Fsp3) is 0.375. The average molecular weight is 303 g/mol. The number of hydrogen-bond donors (Lipinski definition) is 2. The van der Waals surface area contributed by atoms with E-state index in [1.165, 1.54) is 11.3 Å². The van der Waals surface area contributed by atoms with Gasteiger partial charge in [0, 0.05) is 17.0 Å². The molecular weight excluding hydrogens is 282 g/mol. The lowest BCUT2D eigenvalue weighted by atomic mass is 10.1. The molecule has 2 N–H and O–H groups in total. The molecule has 0 aliphatic carbocycles. The second-order valence-corrected chi connectivity index (χ2v) is 5.68. The van der Waals surface area contributed by atoms with Gasteiger partial charge in [-0.3, -0.25) is 10.1 Å². The van der Waals surface area contributed by atoms with Crippen molar-refractivity contribution in [2.45, 2.75) is 33.2 Å². The zero-order valence-corrected chi connectivity index (χ0v) is 13.5. The van der Waals surface area contributed by atoms with Crippen molar-refractivity contribution in [3.63, 3.8) is 0 Å². The number of aromatic nitrogens is 1. The maximum Gasteiger partial charge on any atom is 0.257 e. The second-order valence-electron chi connectivity index (χ2n) is 4.82. The molecule has 2 rings (SSSR count). The first-order chi connectivity index (χ1) is 10.2. The zero-order chi connectivity index (χ0) is 15.2. The van der Waals surface area contributed by atoms with Crippen LogP contribution in [0.4, 0.5) is 5.13 Å². The molecule has 0 saturated heterocycles. The monoisotopic (exact) mass is 303 g/mol. The van der Waals surface area contributed by atoms with Gasteiger partial charge < -0.3 is 5.32 Å². The zero-order valence-electron chi connectivity index (χ0n) is 12.6. The van der Waals surface area contributed by atoms with Crippen molar-refractivity contribution in [1.29, 1.82) is 0 Å². The summed E-state index contributed by atoms with van der Waals surface area (Å²) in [6.07, 6.45) is 0.837. The summed E-state index contributed by atoms with van der Waals surface area (Å²) in [5.74, 6) is -0.0931. The molecule has 0 saturated carbocycles. The summed E-state index contributed by atoms with van der Waals surface area (Å²) in [7, 11) is 0. The highest BCUT2D eigenvalue weighted by atomic mass is 32.1. The first-order valence-electron chi connectivity index (χ1n) is 7.23. The molecule has 112 valence electrons. The summed E-state index contributed by atoms with van der Waals surface area (Å²) in [5, 5.41) is 8.83. The Kier molecular flexibility index (Phi) is 5.47. The first kappa shape index (κ1) is 15.7. The molecule has 0 radical (unpaired) electrons. The largest absolute Gasteiger partial charge is 0.309 e. The lowest BCUT2D eigenvalue weighted by Crippen LogP contribution is -2.18. The summed E-state index contributed by atoms with van der Waals surface area (Å²) in [4.78, 5) is 16.8. The van der Waals surface area contributed by atoms with Gasteiger partial charge in [0.25, 0.3) is 5.91 Å². The molecule has 1 heterocycles. The van der Waals surface area contributed by atoms with E-state index in [-0.39, 0.29) is 11.9 Å². The SMILES string of the molecule is CCNC(C)c1csc(NC(=O)c2ccccc2CC)n1.